The Hall–Kier alpha value is -2.65. The highest BCUT2D eigenvalue weighted by atomic mass is 32.2. The summed E-state index contributed by atoms with van der Waals surface area (Å²) in [6.45, 7) is 4.09. The minimum atomic E-state index is -3.40. The van der Waals surface area contributed by atoms with E-state index in [0.717, 1.165) is 41.0 Å². The van der Waals surface area contributed by atoms with E-state index in [9.17, 15) is 12.8 Å². The average Bonchev–Trinajstić information content (AvgIpc) is 3.01. The Kier molecular flexibility index (Phi) is 4.72. The molecule has 146 valence electrons. The number of aryl methyl sites for hydroxylation is 1. The number of fused-ring (bicyclic) bond motifs is 1. The molecule has 1 aromatic carbocycles. The van der Waals surface area contributed by atoms with Gasteiger partial charge in [0, 0.05) is 55.8 Å². The van der Waals surface area contributed by atoms with Crippen molar-refractivity contribution in [3.05, 3.63) is 65.0 Å². The van der Waals surface area contributed by atoms with Crippen LogP contribution in [0, 0.1) is 12.7 Å². The van der Waals surface area contributed by atoms with E-state index in [1.807, 2.05) is 13.1 Å². The van der Waals surface area contributed by atoms with Crippen LogP contribution in [-0.2, 0) is 29.3 Å². The predicted molar refractivity (Wildman–Crippen MR) is 101 cm³/mol. The molecular weight excluding hydrogens is 381 g/mol. The number of benzene rings is 1. The van der Waals surface area contributed by atoms with Crippen LogP contribution in [0.5, 0.6) is 0 Å². The molecule has 0 fully saturated rings. The van der Waals surface area contributed by atoms with Gasteiger partial charge in [-0.3, -0.25) is 4.90 Å². The number of sulfone groups is 1. The van der Waals surface area contributed by atoms with E-state index in [-0.39, 0.29) is 11.0 Å². The van der Waals surface area contributed by atoms with Crippen molar-refractivity contribution in [3.8, 4) is 5.69 Å². The van der Waals surface area contributed by atoms with Gasteiger partial charge < -0.3 is 0 Å². The van der Waals surface area contributed by atoms with Crippen molar-refractivity contribution < 1.29 is 12.8 Å². The fraction of sp³-hybridized carbons (Fsp3) is 0.316. The molecule has 0 N–H and O–H groups in total. The molecule has 0 spiro atoms. The Morgan fingerprint density at radius 1 is 1.21 bits per heavy atom. The average molecular weight is 401 g/mol. The highest BCUT2D eigenvalue weighted by molar-refractivity contribution is 7.90. The van der Waals surface area contributed by atoms with Crippen LogP contribution in [0.4, 0.5) is 4.39 Å². The topological polar surface area (TPSA) is 81.0 Å². The van der Waals surface area contributed by atoms with Crippen LogP contribution in [0.1, 0.15) is 22.5 Å². The van der Waals surface area contributed by atoms with Gasteiger partial charge >= 0.3 is 0 Å². The second-order valence-corrected chi connectivity index (χ2v) is 8.93. The number of hydrogen-bond donors (Lipinski definition) is 0. The van der Waals surface area contributed by atoms with E-state index in [1.165, 1.54) is 12.1 Å². The summed E-state index contributed by atoms with van der Waals surface area (Å²) in [5.41, 5.74) is 4.55. The van der Waals surface area contributed by atoms with Crippen LogP contribution in [0.3, 0.4) is 0 Å². The molecule has 9 heteroatoms. The molecule has 0 aliphatic carbocycles. The third-order valence-corrected chi connectivity index (χ3v) is 5.67. The van der Waals surface area contributed by atoms with Crippen molar-refractivity contribution in [3.63, 3.8) is 0 Å². The van der Waals surface area contributed by atoms with E-state index < -0.39 is 9.84 Å². The van der Waals surface area contributed by atoms with Gasteiger partial charge in [0.2, 0.25) is 15.0 Å². The summed E-state index contributed by atoms with van der Waals surface area (Å²) in [6.07, 6.45) is 5.36. The summed E-state index contributed by atoms with van der Waals surface area (Å²) < 4.78 is 38.1. The molecule has 7 nitrogen and oxygen atoms in total. The number of rotatable bonds is 4. The Balaban J connectivity index is 1.51. The molecule has 2 aromatic heterocycles. The van der Waals surface area contributed by atoms with E-state index >= 15 is 0 Å². The van der Waals surface area contributed by atoms with E-state index in [4.69, 9.17) is 0 Å². The Bertz CT molecular complexity index is 1130. The van der Waals surface area contributed by atoms with Gasteiger partial charge in [-0.15, -0.1) is 0 Å². The lowest BCUT2D eigenvalue weighted by Crippen LogP contribution is -2.31. The van der Waals surface area contributed by atoms with Gasteiger partial charge in [0.25, 0.3) is 0 Å². The minimum absolute atomic E-state index is 0.115. The van der Waals surface area contributed by atoms with Crippen molar-refractivity contribution in [1.82, 2.24) is 24.6 Å². The summed E-state index contributed by atoms with van der Waals surface area (Å²) in [4.78, 5) is 10.5. The van der Waals surface area contributed by atoms with Gasteiger partial charge in [0.1, 0.15) is 5.82 Å². The first-order chi connectivity index (χ1) is 13.3. The van der Waals surface area contributed by atoms with Gasteiger partial charge in [-0.2, -0.15) is 5.10 Å². The summed E-state index contributed by atoms with van der Waals surface area (Å²) in [5, 5.41) is 4.42. The highest BCUT2D eigenvalue weighted by Crippen LogP contribution is 2.21. The molecule has 0 bridgehead atoms. The lowest BCUT2D eigenvalue weighted by molar-refractivity contribution is 0.241. The van der Waals surface area contributed by atoms with Gasteiger partial charge in [-0.05, 0) is 31.2 Å². The fourth-order valence-corrected chi connectivity index (χ4v) is 3.81. The second kappa shape index (κ2) is 7.06. The van der Waals surface area contributed by atoms with Crippen LogP contribution in [0.2, 0.25) is 0 Å². The summed E-state index contributed by atoms with van der Waals surface area (Å²) >= 11 is 0. The zero-order valence-corrected chi connectivity index (χ0v) is 16.4. The molecule has 3 aromatic rings. The van der Waals surface area contributed by atoms with Gasteiger partial charge in [0.15, 0.2) is 0 Å². The molecule has 0 unspecified atom stereocenters. The van der Waals surface area contributed by atoms with Crippen LogP contribution < -0.4 is 0 Å². The number of halogens is 1. The number of hydrogen-bond acceptors (Lipinski definition) is 6. The van der Waals surface area contributed by atoms with Crippen LogP contribution in [0.15, 0.2) is 41.8 Å². The Labute approximate surface area is 162 Å². The molecule has 1 aliphatic rings. The standard InChI is InChI=1S/C19H20FN5O2S/c1-13-15(12-25(23-13)17-5-3-16(20)4-6-17)11-24-8-7-18-14(10-24)9-21-19(22-18)28(2,26)27/h3-6,9,12H,7-8,10-11H2,1-2H3. The maximum Gasteiger partial charge on any atom is 0.246 e. The maximum absolute atomic E-state index is 13.1. The molecular formula is C19H20FN5O2S. The lowest BCUT2D eigenvalue weighted by Gasteiger charge is -2.27. The van der Waals surface area contributed by atoms with Gasteiger partial charge in [-0.1, -0.05) is 0 Å². The van der Waals surface area contributed by atoms with Crippen molar-refractivity contribution in [1.29, 1.82) is 0 Å². The largest absolute Gasteiger partial charge is 0.294 e. The molecule has 28 heavy (non-hydrogen) atoms. The van der Waals surface area contributed by atoms with Crippen LogP contribution in [0.25, 0.3) is 5.69 Å². The molecule has 0 saturated heterocycles. The first-order valence-corrected chi connectivity index (χ1v) is 10.8. The molecule has 0 saturated carbocycles. The van der Waals surface area contributed by atoms with Gasteiger partial charge in [-0.25, -0.2) is 27.5 Å². The number of nitrogens with zero attached hydrogens (tertiary/aromatic N) is 5. The first-order valence-electron chi connectivity index (χ1n) is 8.88. The van der Waals surface area contributed by atoms with Crippen molar-refractivity contribution in [2.45, 2.75) is 31.6 Å². The van der Waals surface area contributed by atoms with E-state index in [1.54, 1.807) is 23.0 Å². The summed E-state index contributed by atoms with van der Waals surface area (Å²) in [6, 6.07) is 6.22. The highest BCUT2D eigenvalue weighted by Gasteiger charge is 2.22. The summed E-state index contributed by atoms with van der Waals surface area (Å²) in [7, 11) is -3.40. The second-order valence-electron chi connectivity index (χ2n) is 7.02. The zero-order chi connectivity index (χ0) is 19.9. The zero-order valence-electron chi connectivity index (χ0n) is 15.6. The number of aromatic nitrogens is 4. The lowest BCUT2D eigenvalue weighted by atomic mass is 10.1. The molecule has 1 aliphatic heterocycles. The molecule has 4 rings (SSSR count). The Morgan fingerprint density at radius 3 is 2.68 bits per heavy atom. The SMILES string of the molecule is Cc1nn(-c2ccc(F)cc2)cc1CN1CCc2nc(S(C)(=O)=O)ncc2C1. The van der Waals surface area contributed by atoms with E-state index in [2.05, 4.69) is 20.0 Å². The van der Waals surface area contributed by atoms with Crippen molar-refractivity contribution >= 4 is 9.84 Å². The monoisotopic (exact) mass is 401 g/mol. The fourth-order valence-electron chi connectivity index (χ4n) is 3.29. The molecule has 0 amide bonds. The smallest absolute Gasteiger partial charge is 0.246 e. The molecule has 3 heterocycles. The van der Waals surface area contributed by atoms with Gasteiger partial charge in [0.05, 0.1) is 17.1 Å². The molecule has 0 radical (unpaired) electrons. The molecule has 0 atom stereocenters. The Morgan fingerprint density at radius 2 is 1.96 bits per heavy atom. The minimum Gasteiger partial charge on any atom is -0.294 e. The normalized spacial score (nSPS) is 14.8. The third-order valence-electron chi connectivity index (χ3n) is 4.81. The quantitative estimate of drug-likeness (QED) is 0.623. The van der Waals surface area contributed by atoms with Crippen LogP contribution in [-0.4, -0.2) is 45.9 Å². The van der Waals surface area contributed by atoms with Crippen molar-refractivity contribution in [2.75, 3.05) is 12.8 Å². The summed E-state index contributed by atoms with van der Waals surface area (Å²) in [5.74, 6) is -0.277. The maximum atomic E-state index is 13.1. The predicted octanol–water partition coefficient (Wildman–Crippen LogP) is 2.07. The van der Waals surface area contributed by atoms with Crippen LogP contribution >= 0.6 is 0 Å². The third kappa shape index (κ3) is 3.81. The van der Waals surface area contributed by atoms with E-state index in [0.29, 0.717) is 19.5 Å². The first kappa shape index (κ1) is 18.7. The van der Waals surface area contributed by atoms with Crippen molar-refractivity contribution in [2.24, 2.45) is 0 Å².